The van der Waals surface area contributed by atoms with Gasteiger partial charge in [0.25, 0.3) is 5.69 Å². The predicted molar refractivity (Wildman–Crippen MR) is 108 cm³/mol. The quantitative estimate of drug-likeness (QED) is 0.605. The molecule has 1 fully saturated rings. The summed E-state index contributed by atoms with van der Waals surface area (Å²) in [4.78, 5) is 15.0. The van der Waals surface area contributed by atoms with E-state index in [1.807, 2.05) is 23.1 Å². The van der Waals surface area contributed by atoms with Gasteiger partial charge in [-0.15, -0.1) is 0 Å². The Balaban J connectivity index is 1.82. The molecule has 1 aliphatic heterocycles. The average molecular weight is 404 g/mol. The highest BCUT2D eigenvalue weighted by Gasteiger charge is 2.26. The summed E-state index contributed by atoms with van der Waals surface area (Å²) in [6.07, 6.45) is 0.848. The van der Waals surface area contributed by atoms with Gasteiger partial charge in [-0.05, 0) is 31.0 Å². The third kappa shape index (κ3) is 4.67. The van der Waals surface area contributed by atoms with Gasteiger partial charge in [0.2, 0.25) is 10.0 Å². The molecule has 1 heterocycles. The SMILES string of the molecule is CC1CCN(c2ccc(S(N)(=O)=O)cc2[N+](=O)[O-])CCN1Cc1ccccc1. The van der Waals surface area contributed by atoms with Crippen molar-refractivity contribution in [2.45, 2.75) is 30.8 Å². The maximum atomic E-state index is 11.5. The molecule has 1 saturated heterocycles. The second-order valence-electron chi connectivity index (χ2n) is 7.03. The first-order valence-corrected chi connectivity index (χ1v) is 10.6. The number of anilines is 1. The fourth-order valence-electron chi connectivity index (χ4n) is 3.49. The van der Waals surface area contributed by atoms with E-state index in [4.69, 9.17) is 5.14 Å². The minimum atomic E-state index is -4.00. The Morgan fingerprint density at radius 1 is 1.14 bits per heavy atom. The normalized spacial score (nSPS) is 18.6. The lowest BCUT2D eigenvalue weighted by Gasteiger charge is -2.26. The van der Waals surface area contributed by atoms with Crippen molar-refractivity contribution in [3.05, 3.63) is 64.2 Å². The maximum Gasteiger partial charge on any atom is 0.293 e. The zero-order valence-electron chi connectivity index (χ0n) is 15.7. The minimum absolute atomic E-state index is 0.240. The first kappa shape index (κ1) is 20.2. The molecule has 9 heteroatoms. The molecule has 1 aliphatic rings. The number of sulfonamides is 1. The van der Waals surface area contributed by atoms with Crippen molar-refractivity contribution in [2.24, 2.45) is 5.14 Å². The Morgan fingerprint density at radius 3 is 2.50 bits per heavy atom. The van der Waals surface area contributed by atoms with Crippen LogP contribution >= 0.6 is 0 Å². The van der Waals surface area contributed by atoms with Crippen molar-refractivity contribution in [1.29, 1.82) is 0 Å². The summed E-state index contributed by atoms with van der Waals surface area (Å²) in [5, 5.41) is 16.7. The third-order valence-corrected chi connectivity index (χ3v) is 6.05. The van der Waals surface area contributed by atoms with Crippen LogP contribution in [0.3, 0.4) is 0 Å². The van der Waals surface area contributed by atoms with Gasteiger partial charge in [0.15, 0.2) is 0 Å². The Labute approximate surface area is 164 Å². The van der Waals surface area contributed by atoms with E-state index in [0.29, 0.717) is 24.8 Å². The van der Waals surface area contributed by atoms with Crippen LogP contribution in [0.1, 0.15) is 18.9 Å². The second kappa shape index (κ2) is 8.26. The van der Waals surface area contributed by atoms with Gasteiger partial charge in [0.05, 0.1) is 9.82 Å². The number of nitrogens with zero attached hydrogens (tertiary/aromatic N) is 3. The molecule has 0 radical (unpaired) electrons. The van der Waals surface area contributed by atoms with Gasteiger partial charge in [0, 0.05) is 38.3 Å². The zero-order chi connectivity index (χ0) is 20.3. The van der Waals surface area contributed by atoms with Crippen LogP contribution in [0.5, 0.6) is 0 Å². The summed E-state index contributed by atoms with van der Waals surface area (Å²) in [6, 6.07) is 14.4. The van der Waals surface area contributed by atoms with Crippen LogP contribution < -0.4 is 10.0 Å². The molecule has 150 valence electrons. The summed E-state index contributed by atoms with van der Waals surface area (Å²) in [6.45, 7) is 5.01. The number of rotatable bonds is 5. The number of hydrogen-bond acceptors (Lipinski definition) is 6. The molecule has 0 amide bonds. The van der Waals surface area contributed by atoms with Crippen molar-refractivity contribution in [1.82, 2.24) is 4.90 Å². The van der Waals surface area contributed by atoms with Crippen LogP contribution in [0.25, 0.3) is 0 Å². The number of primary sulfonamides is 1. The highest BCUT2D eigenvalue weighted by Crippen LogP contribution is 2.32. The maximum absolute atomic E-state index is 11.5. The van der Waals surface area contributed by atoms with Gasteiger partial charge >= 0.3 is 0 Å². The zero-order valence-corrected chi connectivity index (χ0v) is 16.5. The Morgan fingerprint density at radius 2 is 1.86 bits per heavy atom. The lowest BCUT2D eigenvalue weighted by atomic mass is 10.1. The van der Waals surface area contributed by atoms with Gasteiger partial charge in [0.1, 0.15) is 5.69 Å². The number of hydrogen-bond donors (Lipinski definition) is 1. The molecular formula is C19H24N4O4S. The van der Waals surface area contributed by atoms with Crippen molar-refractivity contribution in [2.75, 3.05) is 24.5 Å². The molecular weight excluding hydrogens is 380 g/mol. The first-order valence-electron chi connectivity index (χ1n) is 9.10. The highest BCUT2D eigenvalue weighted by molar-refractivity contribution is 7.89. The van der Waals surface area contributed by atoms with E-state index in [-0.39, 0.29) is 10.6 Å². The van der Waals surface area contributed by atoms with Crippen LogP contribution in [-0.4, -0.2) is 43.9 Å². The lowest BCUT2D eigenvalue weighted by molar-refractivity contribution is -0.384. The van der Waals surface area contributed by atoms with Gasteiger partial charge < -0.3 is 4.90 Å². The summed E-state index contributed by atoms with van der Waals surface area (Å²) in [5.74, 6) is 0. The van der Waals surface area contributed by atoms with Gasteiger partial charge in [-0.25, -0.2) is 13.6 Å². The van der Waals surface area contributed by atoms with E-state index in [1.54, 1.807) is 0 Å². The fourth-order valence-corrected chi connectivity index (χ4v) is 4.03. The summed E-state index contributed by atoms with van der Waals surface area (Å²) in [7, 11) is -4.00. The summed E-state index contributed by atoms with van der Waals surface area (Å²) < 4.78 is 23.1. The largest absolute Gasteiger partial charge is 0.365 e. The van der Waals surface area contributed by atoms with E-state index in [2.05, 4.69) is 24.0 Å². The van der Waals surface area contributed by atoms with E-state index in [9.17, 15) is 18.5 Å². The topological polar surface area (TPSA) is 110 Å². The van der Waals surface area contributed by atoms with Crippen molar-refractivity contribution < 1.29 is 13.3 Å². The molecule has 0 spiro atoms. The Kier molecular flexibility index (Phi) is 5.97. The van der Waals surface area contributed by atoms with Crippen LogP contribution in [0.2, 0.25) is 0 Å². The van der Waals surface area contributed by atoms with Crippen molar-refractivity contribution in [3.8, 4) is 0 Å². The van der Waals surface area contributed by atoms with Crippen LogP contribution in [-0.2, 0) is 16.6 Å². The molecule has 1 atom stereocenters. The fraction of sp³-hybridized carbons (Fsp3) is 0.368. The molecule has 2 aromatic rings. The lowest BCUT2D eigenvalue weighted by Crippen LogP contribution is -2.34. The van der Waals surface area contributed by atoms with E-state index < -0.39 is 14.9 Å². The standard InChI is InChI=1S/C19H24N4O4S/c1-15-9-10-21(11-12-22(15)14-16-5-3-2-4-6-16)18-8-7-17(28(20,26)27)13-19(18)23(24)25/h2-8,13,15H,9-12,14H2,1H3,(H2,20,26,27). The Bertz CT molecular complexity index is 950. The average Bonchev–Trinajstić information content (AvgIpc) is 2.83. The molecule has 8 nitrogen and oxygen atoms in total. The van der Waals surface area contributed by atoms with Gasteiger partial charge in [-0.3, -0.25) is 15.0 Å². The van der Waals surface area contributed by atoms with Crippen molar-refractivity contribution in [3.63, 3.8) is 0 Å². The summed E-state index contributed by atoms with van der Waals surface area (Å²) in [5.41, 5.74) is 1.41. The number of nitro benzene ring substituents is 1. The van der Waals surface area contributed by atoms with Crippen molar-refractivity contribution >= 4 is 21.4 Å². The van der Waals surface area contributed by atoms with Crippen LogP contribution in [0.15, 0.2) is 53.4 Å². The molecule has 0 aliphatic carbocycles. The molecule has 0 bridgehead atoms. The smallest absolute Gasteiger partial charge is 0.293 e. The molecule has 2 N–H and O–H groups in total. The molecule has 2 aromatic carbocycles. The number of nitrogens with two attached hydrogens (primary N) is 1. The second-order valence-corrected chi connectivity index (χ2v) is 8.59. The van der Waals surface area contributed by atoms with Crippen LogP contribution in [0.4, 0.5) is 11.4 Å². The third-order valence-electron chi connectivity index (χ3n) is 5.14. The van der Waals surface area contributed by atoms with E-state index in [1.165, 1.54) is 17.7 Å². The summed E-state index contributed by atoms with van der Waals surface area (Å²) >= 11 is 0. The predicted octanol–water partition coefficient (Wildman–Crippen LogP) is 2.34. The molecule has 1 unspecified atom stereocenters. The monoisotopic (exact) mass is 404 g/mol. The minimum Gasteiger partial charge on any atom is -0.365 e. The van der Waals surface area contributed by atoms with E-state index in [0.717, 1.165) is 25.6 Å². The highest BCUT2D eigenvalue weighted by atomic mass is 32.2. The van der Waals surface area contributed by atoms with Gasteiger partial charge in [-0.2, -0.15) is 0 Å². The molecule has 28 heavy (non-hydrogen) atoms. The first-order chi connectivity index (χ1) is 13.3. The van der Waals surface area contributed by atoms with E-state index >= 15 is 0 Å². The van der Waals surface area contributed by atoms with Crippen LogP contribution in [0, 0.1) is 10.1 Å². The molecule has 0 aromatic heterocycles. The molecule has 3 rings (SSSR count). The Hall–Kier alpha value is -2.49. The van der Waals surface area contributed by atoms with Gasteiger partial charge in [-0.1, -0.05) is 30.3 Å². The number of nitro groups is 1. The molecule has 0 saturated carbocycles. The number of benzene rings is 2.